The fourth-order valence-corrected chi connectivity index (χ4v) is 0.956. The Morgan fingerprint density at radius 2 is 1.30 bits per heavy atom. The van der Waals surface area contributed by atoms with E-state index in [0.717, 1.165) is 11.1 Å². The van der Waals surface area contributed by atoms with E-state index in [1.165, 1.54) is 0 Å². The summed E-state index contributed by atoms with van der Waals surface area (Å²) in [5.41, 5.74) is 2.29. The molecule has 0 saturated heterocycles. The molecule has 0 saturated carbocycles. The van der Waals surface area contributed by atoms with Crippen LogP contribution in [0.1, 0.15) is 11.1 Å². The molecular weight excluding hydrogens is 118 g/mol. The maximum absolute atomic E-state index is 5.47. The van der Waals surface area contributed by atoms with Gasteiger partial charge in [0.05, 0.1) is 15.7 Å². The zero-order valence-corrected chi connectivity index (χ0v) is 5.88. The molecular formula is C8H8B2. The number of rotatable bonds is 2. The largest absolute Gasteiger partial charge is 0.0716 e. The zero-order chi connectivity index (χ0) is 7.40. The van der Waals surface area contributed by atoms with Crippen molar-refractivity contribution >= 4 is 15.7 Å². The average molecular weight is 126 g/mol. The molecule has 1 aromatic rings. The first-order valence-corrected chi connectivity index (χ1v) is 3.35. The van der Waals surface area contributed by atoms with E-state index in [-0.39, 0.29) is 0 Å². The van der Waals surface area contributed by atoms with Crippen molar-refractivity contribution in [2.24, 2.45) is 0 Å². The normalized spacial score (nSPS) is 9.60. The van der Waals surface area contributed by atoms with Gasteiger partial charge in [-0.3, -0.25) is 0 Å². The lowest BCUT2D eigenvalue weighted by Gasteiger charge is -2.02. The summed E-state index contributed by atoms with van der Waals surface area (Å²) < 4.78 is 0. The summed E-state index contributed by atoms with van der Waals surface area (Å²) in [5.74, 6) is 0. The van der Waals surface area contributed by atoms with Crippen LogP contribution in [0.5, 0.6) is 0 Å². The molecule has 0 aromatic heterocycles. The molecule has 0 spiro atoms. The van der Waals surface area contributed by atoms with E-state index in [1.807, 2.05) is 24.3 Å². The molecule has 0 aliphatic carbocycles. The van der Waals surface area contributed by atoms with Crippen molar-refractivity contribution in [2.75, 3.05) is 0 Å². The van der Waals surface area contributed by atoms with Crippen molar-refractivity contribution in [3.63, 3.8) is 0 Å². The molecule has 46 valence electrons. The summed E-state index contributed by atoms with van der Waals surface area (Å²) in [6.45, 7) is 0. The third-order valence-electron chi connectivity index (χ3n) is 1.56. The highest BCUT2D eigenvalue weighted by Gasteiger charge is 1.93. The molecule has 1 aromatic carbocycles. The average Bonchev–Trinajstić information content (AvgIpc) is 2.04. The monoisotopic (exact) mass is 126 g/mol. The van der Waals surface area contributed by atoms with Gasteiger partial charge in [0.2, 0.25) is 0 Å². The second-order valence-corrected chi connectivity index (χ2v) is 2.18. The molecule has 0 unspecified atom stereocenters. The summed E-state index contributed by atoms with van der Waals surface area (Å²) >= 11 is 0. The number of benzene rings is 1. The lowest BCUT2D eigenvalue weighted by molar-refractivity contribution is 1.27. The van der Waals surface area contributed by atoms with Gasteiger partial charge in [-0.15, -0.1) is 0 Å². The Labute approximate surface area is 64.5 Å². The van der Waals surface area contributed by atoms with Crippen LogP contribution in [0.25, 0.3) is 0 Å². The van der Waals surface area contributed by atoms with E-state index in [4.69, 9.17) is 15.7 Å². The van der Waals surface area contributed by atoms with Gasteiger partial charge in [-0.25, -0.2) is 0 Å². The molecule has 1 rings (SSSR count). The highest BCUT2D eigenvalue weighted by molar-refractivity contribution is 6.10. The second kappa shape index (κ2) is 3.50. The molecule has 0 bridgehead atoms. The Bertz CT molecular complexity index is 185. The van der Waals surface area contributed by atoms with Gasteiger partial charge in [0.1, 0.15) is 0 Å². The maximum Gasteiger partial charge on any atom is 0.0716 e. The fraction of sp³-hybridized carbons (Fsp3) is 0.250. The molecule has 0 fully saturated rings. The maximum atomic E-state index is 5.47. The Kier molecular flexibility index (Phi) is 2.61. The summed E-state index contributed by atoms with van der Waals surface area (Å²) in [6.07, 6.45) is 1.15. The Morgan fingerprint density at radius 1 is 0.900 bits per heavy atom. The van der Waals surface area contributed by atoms with Crippen molar-refractivity contribution in [1.82, 2.24) is 0 Å². The van der Waals surface area contributed by atoms with Crippen molar-refractivity contribution in [1.29, 1.82) is 0 Å². The van der Waals surface area contributed by atoms with Crippen LogP contribution in [0.2, 0.25) is 0 Å². The van der Waals surface area contributed by atoms with Gasteiger partial charge >= 0.3 is 0 Å². The van der Waals surface area contributed by atoms with Crippen LogP contribution in [0.15, 0.2) is 24.3 Å². The lowest BCUT2D eigenvalue weighted by atomic mass is 9.87. The van der Waals surface area contributed by atoms with Gasteiger partial charge in [-0.05, 0) is 0 Å². The molecule has 0 aliphatic rings. The van der Waals surface area contributed by atoms with Crippen LogP contribution in [0.4, 0.5) is 0 Å². The Balaban J connectivity index is 2.96. The van der Waals surface area contributed by atoms with E-state index >= 15 is 0 Å². The quantitative estimate of drug-likeness (QED) is 0.518. The van der Waals surface area contributed by atoms with E-state index in [1.54, 1.807) is 0 Å². The second-order valence-electron chi connectivity index (χ2n) is 2.18. The SMILES string of the molecule is [B]Cc1ccccc1C[B]. The third kappa shape index (κ3) is 1.44. The molecule has 0 aliphatic heterocycles. The molecule has 10 heavy (non-hydrogen) atoms. The molecule has 0 atom stereocenters. The van der Waals surface area contributed by atoms with Crippen LogP contribution in [-0.2, 0) is 12.6 Å². The first-order valence-electron chi connectivity index (χ1n) is 3.35. The minimum absolute atomic E-state index is 0.577. The molecule has 4 radical (unpaired) electrons. The lowest BCUT2D eigenvalue weighted by Crippen LogP contribution is -1.92. The van der Waals surface area contributed by atoms with E-state index in [9.17, 15) is 0 Å². The van der Waals surface area contributed by atoms with Crippen molar-refractivity contribution in [2.45, 2.75) is 12.6 Å². The van der Waals surface area contributed by atoms with Gasteiger partial charge in [-0.2, -0.15) is 0 Å². The van der Waals surface area contributed by atoms with Gasteiger partial charge in [0.25, 0.3) is 0 Å². The first-order chi connectivity index (χ1) is 4.88. The standard InChI is InChI=1S/C8H8B2/c9-5-7-3-1-2-4-8(7)6-10/h1-4H,5-6H2. The van der Waals surface area contributed by atoms with Gasteiger partial charge in [-0.1, -0.05) is 48.0 Å². The summed E-state index contributed by atoms with van der Waals surface area (Å²) in [4.78, 5) is 0. The predicted molar refractivity (Wildman–Crippen MR) is 45.4 cm³/mol. The van der Waals surface area contributed by atoms with Crippen molar-refractivity contribution in [3.05, 3.63) is 35.4 Å². The van der Waals surface area contributed by atoms with Gasteiger partial charge in [0, 0.05) is 0 Å². The molecule has 0 N–H and O–H groups in total. The van der Waals surface area contributed by atoms with Crippen molar-refractivity contribution in [3.8, 4) is 0 Å². The van der Waals surface area contributed by atoms with E-state index < -0.39 is 0 Å². The van der Waals surface area contributed by atoms with Crippen LogP contribution in [0.3, 0.4) is 0 Å². The minimum Gasteiger partial charge on any atom is -0.0641 e. The topological polar surface area (TPSA) is 0 Å². The highest BCUT2D eigenvalue weighted by atomic mass is 14.0. The fourth-order valence-electron chi connectivity index (χ4n) is 0.956. The minimum atomic E-state index is 0.577. The van der Waals surface area contributed by atoms with Crippen LogP contribution < -0.4 is 0 Å². The van der Waals surface area contributed by atoms with Crippen LogP contribution in [0, 0.1) is 0 Å². The first kappa shape index (κ1) is 7.46. The summed E-state index contributed by atoms with van der Waals surface area (Å²) in [7, 11) is 10.9. The van der Waals surface area contributed by atoms with Crippen LogP contribution >= 0.6 is 0 Å². The van der Waals surface area contributed by atoms with Crippen molar-refractivity contribution < 1.29 is 0 Å². The molecule has 0 heterocycles. The van der Waals surface area contributed by atoms with Gasteiger partial charge < -0.3 is 0 Å². The van der Waals surface area contributed by atoms with E-state index in [0.29, 0.717) is 12.6 Å². The highest BCUT2D eigenvalue weighted by Crippen LogP contribution is 2.06. The molecule has 0 amide bonds. The Hall–Kier alpha value is -0.650. The summed E-state index contributed by atoms with van der Waals surface area (Å²) in [5, 5.41) is 0. The Morgan fingerprint density at radius 3 is 1.60 bits per heavy atom. The molecule has 0 nitrogen and oxygen atoms in total. The molecule has 2 heteroatoms. The van der Waals surface area contributed by atoms with E-state index in [2.05, 4.69) is 0 Å². The predicted octanol–water partition coefficient (Wildman–Crippen LogP) is 1.02. The number of hydrogen-bond donors (Lipinski definition) is 0. The third-order valence-corrected chi connectivity index (χ3v) is 1.56. The van der Waals surface area contributed by atoms with Gasteiger partial charge in [0.15, 0.2) is 0 Å². The van der Waals surface area contributed by atoms with Crippen LogP contribution in [-0.4, -0.2) is 15.7 Å². The zero-order valence-electron chi connectivity index (χ0n) is 5.88. The smallest absolute Gasteiger partial charge is 0.0641 e. The summed E-state index contributed by atoms with van der Waals surface area (Å²) in [6, 6.07) is 7.95. The number of hydrogen-bond acceptors (Lipinski definition) is 0.